The molecule has 0 radical (unpaired) electrons. The minimum Gasteiger partial charge on any atom is -0.313 e. The maximum atomic E-state index is 3.52. The molecule has 1 N–H and O–H groups in total. The average Bonchev–Trinajstić information content (AvgIpc) is 2.49. The van der Waals surface area contributed by atoms with Crippen LogP contribution < -0.4 is 5.32 Å². The summed E-state index contributed by atoms with van der Waals surface area (Å²) in [5, 5.41) is 3.52. The molecule has 0 aromatic rings. The molecule has 1 atom stereocenters. The van der Waals surface area contributed by atoms with E-state index in [2.05, 4.69) is 30.9 Å². The normalized spacial score (nSPS) is 23.8. The topological polar surface area (TPSA) is 12.0 Å². The molecule has 0 unspecified atom stereocenters. The molecule has 2 heteroatoms. The van der Waals surface area contributed by atoms with Crippen LogP contribution >= 0.6 is 11.8 Å². The maximum absolute atomic E-state index is 3.52. The lowest BCUT2D eigenvalue weighted by Gasteiger charge is -2.09. The van der Waals surface area contributed by atoms with Crippen molar-refractivity contribution in [3.63, 3.8) is 0 Å². The zero-order chi connectivity index (χ0) is 8.81. The van der Waals surface area contributed by atoms with E-state index < -0.39 is 0 Å². The van der Waals surface area contributed by atoms with E-state index in [1.807, 2.05) is 0 Å². The molecule has 1 rings (SSSR count). The quantitative estimate of drug-likeness (QED) is 0.664. The molecule has 1 aliphatic rings. The Hall–Kier alpha value is 0.310. The van der Waals surface area contributed by atoms with Crippen molar-refractivity contribution in [2.24, 2.45) is 5.92 Å². The first-order valence-corrected chi connectivity index (χ1v) is 6.25. The Morgan fingerprint density at radius 3 is 2.92 bits per heavy atom. The van der Waals surface area contributed by atoms with Gasteiger partial charge in [-0.25, -0.2) is 0 Å². The third kappa shape index (κ3) is 4.36. The highest BCUT2D eigenvalue weighted by atomic mass is 32.2. The van der Waals surface area contributed by atoms with Gasteiger partial charge in [-0.1, -0.05) is 13.8 Å². The minimum atomic E-state index is 0.821. The second-order valence-electron chi connectivity index (χ2n) is 4.05. The van der Waals surface area contributed by atoms with Gasteiger partial charge in [0.1, 0.15) is 0 Å². The Morgan fingerprint density at radius 1 is 1.50 bits per heavy atom. The second kappa shape index (κ2) is 5.87. The monoisotopic (exact) mass is 187 g/mol. The summed E-state index contributed by atoms with van der Waals surface area (Å²) in [4.78, 5) is 0. The van der Waals surface area contributed by atoms with E-state index >= 15 is 0 Å². The van der Waals surface area contributed by atoms with E-state index in [-0.39, 0.29) is 0 Å². The first-order valence-electron chi connectivity index (χ1n) is 5.10. The van der Waals surface area contributed by atoms with Crippen molar-refractivity contribution in [2.45, 2.75) is 39.2 Å². The summed E-state index contributed by atoms with van der Waals surface area (Å²) in [6.07, 6.45) is 4.15. The third-order valence-corrected chi connectivity index (χ3v) is 3.48. The van der Waals surface area contributed by atoms with Gasteiger partial charge in [-0.2, -0.15) is 11.8 Å². The van der Waals surface area contributed by atoms with Crippen LogP contribution in [0.2, 0.25) is 0 Å². The smallest absolute Gasteiger partial charge is 0.0158 e. The highest BCUT2D eigenvalue weighted by Gasteiger charge is 2.12. The molecule has 0 spiro atoms. The van der Waals surface area contributed by atoms with Gasteiger partial charge >= 0.3 is 0 Å². The molecule has 0 saturated carbocycles. The molecule has 0 aliphatic carbocycles. The zero-order valence-corrected chi connectivity index (χ0v) is 9.12. The highest BCUT2D eigenvalue weighted by molar-refractivity contribution is 7.99. The first kappa shape index (κ1) is 10.4. The Morgan fingerprint density at radius 2 is 2.33 bits per heavy atom. The first-order chi connectivity index (χ1) is 5.79. The predicted octanol–water partition coefficient (Wildman–Crippen LogP) is 2.52. The van der Waals surface area contributed by atoms with E-state index in [1.54, 1.807) is 0 Å². The van der Waals surface area contributed by atoms with Crippen LogP contribution in [-0.2, 0) is 0 Å². The number of nitrogens with one attached hydrogen (secondary N) is 1. The van der Waals surface area contributed by atoms with Gasteiger partial charge in [0.05, 0.1) is 0 Å². The molecular formula is C10H21NS. The molecule has 1 nitrogen and oxygen atoms in total. The molecule has 0 bridgehead atoms. The van der Waals surface area contributed by atoms with Crippen LogP contribution in [0.5, 0.6) is 0 Å². The number of rotatable bonds is 5. The molecule has 72 valence electrons. The van der Waals surface area contributed by atoms with Crippen molar-refractivity contribution in [3.8, 4) is 0 Å². The molecule has 1 heterocycles. The highest BCUT2D eigenvalue weighted by Crippen LogP contribution is 2.14. The number of hydrogen-bond donors (Lipinski definition) is 1. The van der Waals surface area contributed by atoms with Crippen LogP contribution in [0.3, 0.4) is 0 Å². The van der Waals surface area contributed by atoms with Gasteiger partial charge in [0.15, 0.2) is 0 Å². The van der Waals surface area contributed by atoms with Crippen molar-refractivity contribution in [3.05, 3.63) is 0 Å². The minimum absolute atomic E-state index is 0.821. The SMILES string of the molecule is CC(C)CCSC[C@@H]1CCCN1. The molecular weight excluding hydrogens is 166 g/mol. The van der Waals surface area contributed by atoms with Crippen LogP contribution in [0, 0.1) is 5.92 Å². The molecule has 0 aromatic heterocycles. The standard InChI is InChI=1S/C10H21NS/c1-9(2)5-7-12-8-10-4-3-6-11-10/h9-11H,3-8H2,1-2H3/t10-/m0/s1. The molecule has 12 heavy (non-hydrogen) atoms. The van der Waals surface area contributed by atoms with Crippen LogP contribution in [0.15, 0.2) is 0 Å². The summed E-state index contributed by atoms with van der Waals surface area (Å²) in [5.41, 5.74) is 0. The van der Waals surface area contributed by atoms with Gasteiger partial charge in [-0.15, -0.1) is 0 Å². The fourth-order valence-electron chi connectivity index (χ4n) is 1.44. The van der Waals surface area contributed by atoms with Crippen molar-refractivity contribution < 1.29 is 0 Å². The van der Waals surface area contributed by atoms with E-state index in [9.17, 15) is 0 Å². The van der Waals surface area contributed by atoms with Gasteiger partial charge in [-0.3, -0.25) is 0 Å². The number of thioether (sulfide) groups is 1. The van der Waals surface area contributed by atoms with Crippen LogP contribution in [0.4, 0.5) is 0 Å². The Kier molecular flexibility index (Phi) is 5.08. The Balaban J connectivity index is 1.88. The Labute approximate surface area is 80.7 Å². The predicted molar refractivity (Wildman–Crippen MR) is 57.8 cm³/mol. The van der Waals surface area contributed by atoms with E-state index in [0.717, 1.165) is 12.0 Å². The van der Waals surface area contributed by atoms with Gasteiger partial charge in [0, 0.05) is 11.8 Å². The second-order valence-corrected chi connectivity index (χ2v) is 5.20. The lowest BCUT2D eigenvalue weighted by atomic mass is 10.2. The van der Waals surface area contributed by atoms with Crippen LogP contribution in [-0.4, -0.2) is 24.1 Å². The van der Waals surface area contributed by atoms with Crippen LogP contribution in [0.25, 0.3) is 0 Å². The zero-order valence-electron chi connectivity index (χ0n) is 8.31. The van der Waals surface area contributed by atoms with Crippen LogP contribution in [0.1, 0.15) is 33.1 Å². The van der Waals surface area contributed by atoms with Gasteiger partial charge in [0.2, 0.25) is 0 Å². The summed E-state index contributed by atoms with van der Waals surface area (Å²) < 4.78 is 0. The van der Waals surface area contributed by atoms with E-state index in [1.165, 1.54) is 37.3 Å². The average molecular weight is 187 g/mol. The summed E-state index contributed by atoms with van der Waals surface area (Å²) >= 11 is 2.12. The van der Waals surface area contributed by atoms with E-state index in [4.69, 9.17) is 0 Å². The number of hydrogen-bond acceptors (Lipinski definition) is 2. The van der Waals surface area contributed by atoms with Crippen molar-refractivity contribution in [2.75, 3.05) is 18.1 Å². The van der Waals surface area contributed by atoms with Gasteiger partial charge in [0.25, 0.3) is 0 Å². The van der Waals surface area contributed by atoms with E-state index in [0.29, 0.717) is 0 Å². The lowest BCUT2D eigenvalue weighted by Crippen LogP contribution is -2.23. The molecule has 0 aromatic carbocycles. The Bertz CT molecular complexity index is 108. The third-order valence-electron chi connectivity index (χ3n) is 2.32. The summed E-state index contributed by atoms with van der Waals surface area (Å²) in [6, 6.07) is 0.821. The summed E-state index contributed by atoms with van der Waals surface area (Å²) in [5.74, 6) is 3.54. The van der Waals surface area contributed by atoms with Gasteiger partial charge < -0.3 is 5.32 Å². The fourth-order valence-corrected chi connectivity index (χ4v) is 2.82. The lowest BCUT2D eigenvalue weighted by molar-refractivity contribution is 0.629. The van der Waals surface area contributed by atoms with Crippen molar-refractivity contribution >= 4 is 11.8 Å². The molecule has 0 amide bonds. The van der Waals surface area contributed by atoms with Crippen molar-refractivity contribution in [1.29, 1.82) is 0 Å². The largest absolute Gasteiger partial charge is 0.313 e. The summed E-state index contributed by atoms with van der Waals surface area (Å²) in [7, 11) is 0. The van der Waals surface area contributed by atoms with Gasteiger partial charge in [-0.05, 0) is 37.5 Å². The maximum Gasteiger partial charge on any atom is 0.0158 e. The van der Waals surface area contributed by atoms with Crippen molar-refractivity contribution in [1.82, 2.24) is 5.32 Å². The molecule has 1 fully saturated rings. The fraction of sp³-hybridized carbons (Fsp3) is 1.00. The molecule has 1 saturated heterocycles. The molecule has 1 aliphatic heterocycles. The summed E-state index contributed by atoms with van der Waals surface area (Å²) in [6.45, 7) is 5.85.